The van der Waals surface area contributed by atoms with E-state index in [1.165, 1.54) is 0 Å². The molecule has 0 aromatic heterocycles. The van der Waals surface area contributed by atoms with Crippen LogP contribution >= 0.6 is 0 Å². The van der Waals surface area contributed by atoms with Crippen molar-refractivity contribution >= 4 is 5.69 Å². The van der Waals surface area contributed by atoms with Crippen molar-refractivity contribution in [3.63, 3.8) is 0 Å². The molecule has 1 heterocycles. The summed E-state index contributed by atoms with van der Waals surface area (Å²) in [5.41, 5.74) is 14.1. The number of rotatable bonds is 6. The highest BCUT2D eigenvalue weighted by Crippen LogP contribution is 2.41. The zero-order valence-electron chi connectivity index (χ0n) is 17.0. The molecule has 5 nitrogen and oxygen atoms in total. The fourth-order valence-corrected chi connectivity index (χ4v) is 4.33. The minimum atomic E-state index is -4.12. The Balaban J connectivity index is 1.79. The first-order valence-corrected chi connectivity index (χ1v) is 10.4. The minimum absolute atomic E-state index is 0.0987. The van der Waals surface area contributed by atoms with E-state index in [4.69, 9.17) is 20.9 Å². The molecular formula is C21H32F3N3O2. The molecule has 164 valence electrons. The average molecular weight is 416 g/mol. The number of methoxy groups -OCH3 is 1. The Labute approximate surface area is 170 Å². The number of nitrogens with zero attached hydrogens (tertiary/aromatic N) is 1. The maximum Gasteiger partial charge on any atom is 0.391 e. The van der Waals surface area contributed by atoms with Gasteiger partial charge in [0, 0.05) is 31.8 Å². The van der Waals surface area contributed by atoms with Crippen LogP contribution in [0, 0.1) is 5.92 Å². The molecule has 1 saturated carbocycles. The Bertz CT molecular complexity index is 668. The standard InChI is InChI=1S/C21H32F3N3O2/c1-28-12-13-29-19-14-16(20(26)8-4-17(25)5-9-20)2-3-18(19)27-10-6-15(7-11-27)21(22,23)24/h2-3,14-15,17H,4-13,25-26H2,1H3. The summed E-state index contributed by atoms with van der Waals surface area (Å²) in [6.07, 6.45) is -0.555. The SMILES string of the molecule is COCCOc1cc(C2(N)CCC(N)CC2)ccc1N1CCC(C(F)(F)F)CC1. The van der Waals surface area contributed by atoms with Crippen LogP contribution in [-0.2, 0) is 10.3 Å². The fourth-order valence-electron chi connectivity index (χ4n) is 4.33. The molecule has 3 rings (SSSR count). The number of hydrogen-bond donors (Lipinski definition) is 2. The van der Waals surface area contributed by atoms with E-state index in [-0.39, 0.29) is 18.9 Å². The van der Waals surface area contributed by atoms with Gasteiger partial charge < -0.3 is 25.8 Å². The largest absolute Gasteiger partial charge is 0.489 e. The molecule has 2 fully saturated rings. The van der Waals surface area contributed by atoms with Crippen LogP contribution in [-0.4, -0.2) is 45.6 Å². The summed E-state index contributed by atoms with van der Waals surface area (Å²) in [6, 6.07) is 6.08. The molecule has 0 radical (unpaired) electrons. The number of piperidine rings is 1. The van der Waals surface area contributed by atoms with Crippen molar-refractivity contribution in [1.29, 1.82) is 0 Å². The van der Waals surface area contributed by atoms with Gasteiger partial charge >= 0.3 is 6.18 Å². The van der Waals surface area contributed by atoms with E-state index < -0.39 is 17.6 Å². The molecule has 1 aliphatic heterocycles. The fraction of sp³-hybridized carbons (Fsp3) is 0.714. The normalized spacial score (nSPS) is 26.6. The molecule has 1 aromatic carbocycles. The van der Waals surface area contributed by atoms with Crippen molar-refractivity contribution in [2.24, 2.45) is 17.4 Å². The molecule has 0 spiro atoms. The predicted molar refractivity (Wildman–Crippen MR) is 107 cm³/mol. The van der Waals surface area contributed by atoms with Gasteiger partial charge in [-0.05, 0) is 56.2 Å². The number of ether oxygens (including phenoxy) is 2. The Kier molecular flexibility index (Phi) is 6.96. The molecule has 0 bridgehead atoms. The van der Waals surface area contributed by atoms with Crippen LogP contribution in [0.5, 0.6) is 5.75 Å². The molecule has 2 aliphatic rings. The van der Waals surface area contributed by atoms with Crippen LogP contribution in [0.3, 0.4) is 0 Å². The number of halogens is 3. The molecule has 1 aliphatic carbocycles. The van der Waals surface area contributed by atoms with E-state index >= 15 is 0 Å². The molecule has 4 N–H and O–H groups in total. The summed E-state index contributed by atoms with van der Waals surface area (Å²) in [4.78, 5) is 1.98. The number of anilines is 1. The monoisotopic (exact) mass is 415 g/mol. The predicted octanol–water partition coefficient (Wildman–Crippen LogP) is 3.55. The molecule has 29 heavy (non-hydrogen) atoms. The van der Waals surface area contributed by atoms with Gasteiger partial charge in [0.2, 0.25) is 0 Å². The first-order chi connectivity index (χ1) is 13.7. The zero-order chi connectivity index (χ0) is 21.1. The van der Waals surface area contributed by atoms with Gasteiger partial charge in [0.05, 0.1) is 18.2 Å². The second kappa shape index (κ2) is 9.10. The van der Waals surface area contributed by atoms with Gasteiger partial charge in [0.25, 0.3) is 0 Å². The number of benzene rings is 1. The molecule has 0 unspecified atom stereocenters. The Morgan fingerprint density at radius 3 is 2.34 bits per heavy atom. The van der Waals surface area contributed by atoms with E-state index in [1.54, 1.807) is 7.11 Å². The molecule has 1 aromatic rings. The maximum atomic E-state index is 13.0. The van der Waals surface area contributed by atoms with Gasteiger partial charge in [0.15, 0.2) is 0 Å². The van der Waals surface area contributed by atoms with Crippen molar-refractivity contribution < 1.29 is 22.6 Å². The molecule has 0 amide bonds. The summed E-state index contributed by atoms with van der Waals surface area (Å²) < 4.78 is 50.0. The topological polar surface area (TPSA) is 73.7 Å². The highest BCUT2D eigenvalue weighted by molar-refractivity contribution is 5.61. The van der Waals surface area contributed by atoms with E-state index in [0.717, 1.165) is 36.9 Å². The highest BCUT2D eigenvalue weighted by atomic mass is 19.4. The lowest BCUT2D eigenvalue weighted by atomic mass is 9.76. The van der Waals surface area contributed by atoms with Crippen LogP contribution in [0.15, 0.2) is 18.2 Å². The first-order valence-electron chi connectivity index (χ1n) is 10.4. The van der Waals surface area contributed by atoms with Crippen LogP contribution in [0.4, 0.5) is 18.9 Å². The van der Waals surface area contributed by atoms with E-state index in [0.29, 0.717) is 32.1 Å². The first kappa shape index (κ1) is 22.2. The third-order valence-corrected chi connectivity index (χ3v) is 6.30. The van der Waals surface area contributed by atoms with Crippen LogP contribution in [0.1, 0.15) is 44.1 Å². The number of nitrogens with two attached hydrogens (primary N) is 2. The summed E-state index contributed by atoms with van der Waals surface area (Å²) in [6.45, 7) is 1.51. The number of hydrogen-bond acceptors (Lipinski definition) is 5. The Morgan fingerprint density at radius 2 is 1.76 bits per heavy atom. The maximum absolute atomic E-state index is 13.0. The Morgan fingerprint density at radius 1 is 1.10 bits per heavy atom. The van der Waals surface area contributed by atoms with Crippen molar-refractivity contribution in [1.82, 2.24) is 0 Å². The van der Waals surface area contributed by atoms with E-state index in [2.05, 4.69) is 0 Å². The summed E-state index contributed by atoms with van der Waals surface area (Å²) in [5.74, 6) is -0.570. The molecule has 1 saturated heterocycles. The Hall–Kier alpha value is -1.51. The van der Waals surface area contributed by atoms with Crippen molar-refractivity contribution in [2.75, 3.05) is 38.3 Å². The third-order valence-electron chi connectivity index (χ3n) is 6.30. The van der Waals surface area contributed by atoms with Gasteiger partial charge in [-0.1, -0.05) is 6.07 Å². The van der Waals surface area contributed by atoms with Crippen molar-refractivity contribution in [2.45, 2.75) is 56.3 Å². The molecular weight excluding hydrogens is 383 g/mol. The minimum Gasteiger partial charge on any atom is -0.489 e. The average Bonchev–Trinajstić information content (AvgIpc) is 2.70. The van der Waals surface area contributed by atoms with Crippen LogP contribution in [0.2, 0.25) is 0 Å². The third kappa shape index (κ3) is 5.35. The second-order valence-electron chi connectivity index (χ2n) is 8.32. The lowest BCUT2D eigenvalue weighted by molar-refractivity contribution is -0.179. The van der Waals surface area contributed by atoms with Gasteiger partial charge in [-0.25, -0.2) is 0 Å². The van der Waals surface area contributed by atoms with Gasteiger partial charge in [-0.3, -0.25) is 0 Å². The van der Waals surface area contributed by atoms with E-state index in [1.807, 2.05) is 23.1 Å². The summed E-state index contributed by atoms with van der Waals surface area (Å²) >= 11 is 0. The van der Waals surface area contributed by atoms with Gasteiger partial charge in [0.1, 0.15) is 12.4 Å². The molecule has 8 heteroatoms. The van der Waals surface area contributed by atoms with E-state index in [9.17, 15) is 13.2 Å². The van der Waals surface area contributed by atoms with Crippen molar-refractivity contribution in [3.05, 3.63) is 23.8 Å². The van der Waals surface area contributed by atoms with Crippen LogP contribution < -0.4 is 21.1 Å². The highest BCUT2D eigenvalue weighted by Gasteiger charge is 2.41. The lowest BCUT2D eigenvalue weighted by Crippen LogP contribution is -2.43. The summed E-state index contributed by atoms with van der Waals surface area (Å²) in [7, 11) is 1.60. The molecule has 0 atom stereocenters. The van der Waals surface area contributed by atoms with Crippen molar-refractivity contribution in [3.8, 4) is 5.75 Å². The lowest BCUT2D eigenvalue weighted by Gasteiger charge is -2.38. The smallest absolute Gasteiger partial charge is 0.391 e. The van der Waals surface area contributed by atoms with Gasteiger partial charge in [-0.2, -0.15) is 13.2 Å². The quantitative estimate of drug-likeness (QED) is 0.695. The summed E-state index contributed by atoms with van der Waals surface area (Å²) in [5, 5.41) is 0. The zero-order valence-corrected chi connectivity index (χ0v) is 17.0. The van der Waals surface area contributed by atoms with Gasteiger partial charge in [-0.15, -0.1) is 0 Å². The number of alkyl halides is 3. The van der Waals surface area contributed by atoms with Crippen LogP contribution in [0.25, 0.3) is 0 Å². The second-order valence-corrected chi connectivity index (χ2v) is 8.32.